The number of methoxy groups -OCH3 is 2. The van der Waals surface area contributed by atoms with Gasteiger partial charge in [0.25, 0.3) is 6.47 Å². The van der Waals surface area contributed by atoms with E-state index in [9.17, 15) is 19.5 Å². The summed E-state index contributed by atoms with van der Waals surface area (Å²) in [7, 11) is 3.02. The molecule has 202 valence electrons. The fourth-order valence-electron chi connectivity index (χ4n) is 2.92. The number of rotatable bonds is 14. The molecule has 2 N–H and O–H groups in total. The quantitative estimate of drug-likeness (QED) is 0.101. The molecule has 0 aliphatic carbocycles. The van der Waals surface area contributed by atoms with Gasteiger partial charge in [0.2, 0.25) is 0 Å². The Bertz CT molecular complexity index is 900. The van der Waals surface area contributed by atoms with Crippen LogP contribution in [-0.2, 0) is 30.2 Å². The van der Waals surface area contributed by atoms with Gasteiger partial charge in [-0.2, -0.15) is 0 Å². The number of ketones is 1. The minimum absolute atomic E-state index is 0.177. The number of thiophene rings is 1. The van der Waals surface area contributed by atoms with Crippen LogP contribution in [0.15, 0.2) is 47.6 Å². The molecule has 0 fully saturated rings. The highest BCUT2D eigenvalue weighted by Gasteiger charge is 2.16. The van der Waals surface area contributed by atoms with Crippen LogP contribution in [0, 0.1) is 18.8 Å². The molecule has 0 spiro atoms. The highest BCUT2D eigenvalue weighted by molar-refractivity contribution is 7.11. The molecule has 0 saturated heterocycles. The molecule has 1 amide bonds. The number of amides is 1. The second-order valence-corrected chi connectivity index (χ2v) is 9.79. The zero-order valence-corrected chi connectivity index (χ0v) is 23.3. The predicted molar refractivity (Wildman–Crippen MR) is 143 cm³/mol. The van der Waals surface area contributed by atoms with Crippen molar-refractivity contribution in [3.8, 4) is 0 Å². The lowest BCUT2D eigenvalue weighted by Crippen LogP contribution is -2.16. The van der Waals surface area contributed by atoms with Crippen LogP contribution in [0.5, 0.6) is 0 Å². The van der Waals surface area contributed by atoms with Crippen molar-refractivity contribution in [2.24, 2.45) is 11.8 Å². The molecule has 1 aromatic heterocycles. The van der Waals surface area contributed by atoms with E-state index in [-0.39, 0.29) is 41.2 Å². The third-order valence-electron chi connectivity index (χ3n) is 5.07. The molecule has 0 aromatic carbocycles. The highest BCUT2D eigenvalue weighted by atomic mass is 32.1. The number of ether oxygens (including phenoxy) is 3. The van der Waals surface area contributed by atoms with Crippen molar-refractivity contribution in [1.82, 2.24) is 5.32 Å². The van der Waals surface area contributed by atoms with Gasteiger partial charge in [-0.3, -0.25) is 14.9 Å². The van der Waals surface area contributed by atoms with Crippen LogP contribution in [0.4, 0.5) is 4.79 Å². The molecule has 1 atom stereocenters. The van der Waals surface area contributed by atoms with Gasteiger partial charge in [-0.1, -0.05) is 26.8 Å². The van der Waals surface area contributed by atoms with Crippen molar-refractivity contribution < 1.29 is 33.7 Å². The molecular weight excluding hydrogens is 482 g/mol. The average Bonchev–Trinajstić information content (AvgIpc) is 3.27. The van der Waals surface area contributed by atoms with Crippen LogP contribution in [0.25, 0.3) is 0 Å². The van der Waals surface area contributed by atoms with E-state index in [1.54, 1.807) is 27.0 Å². The van der Waals surface area contributed by atoms with Crippen LogP contribution in [0.2, 0.25) is 0 Å². The minimum Gasteiger partial charge on any atom is -0.507 e. The van der Waals surface area contributed by atoms with E-state index < -0.39 is 6.09 Å². The molecule has 1 heterocycles. The van der Waals surface area contributed by atoms with Crippen LogP contribution < -0.4 is 5.32 Å². The van der Waals surface area contributed by atoms with Crippen molar-refractivity contribution in [2.45, 2.75) is 60.3 Å². The Kier molecular flexibility index (Phi) is 17.7. The van der Waals surface area contributed by atoms with Gasteiger partial charge in [-0.05, 0) is 51.7 Å². The van der Waals surface area contributed by atoms with Crippen molar-refractivity contribution in [3.05, 3.63) is 57.3 Å². The molecule has 8 nitrogen and oxygen atoms in total. The number of nitrogens with one attached hydrogen (secondary N) is 1. The topological polar surface area (TPSA) is 111 Å². The molecule has 1 unspecified atom stereocenters. The number of alkyl carbamates (subject to hydrolysis) is 1. The Labute approximate surface area is 219 Å². The maximum Gasteiger partial charge on any atom is 0.410 e. The van der Waals surface area contributed by atoms with E-state index >= 15 is 0 Å². The average molecular weight is 524 g/mol. The van der Waals surface area contributed by atoms with Crippen LogP contribution in [0.1, 0.15) is 56.7 Å². The number of allylic oxidation sites excluding steroid dienone is 4. The molecule has 0 radical (unpaired) electrons. The first kappa shape index (κ1) is 33.1. The number of carbonyl (C=O) groups is 3. The molecular formula is C27H41NO7S. The Hall–Kier alpha value is -2.91. The fraction of sp³-hybridized carbons (Fsp3) is 0.519. The molecule has 0 aliphatic heterocycles. The van der Waals surface area contributed by atoms with Gasteiger partial charge in [-0.25, -0.2) is 4.79 Å². The van der Waals surface area contributed by atoms with Crippen molar-refractivity contribution in [2.75, 3.05) is 20.8 Å². The lowest BCUT2D eigenvalue weighted by molar-refractivity contribution is -0.125. The van der Waals surface area contributed by atoms with Crippen LogP contribution in [-0.4, -0.2) is 44.3 Å². The standard InChI is InChI=1S/C18H27NO6.C9H14OS/c1-12(2)17(22)14(4)15(21)10-16(25-11-20)13(3)8-6-7-9-19-18(23)24-5;1-8-5-6-9(11-8)4-3-7-10-2/h7,9-13,21H,6,8H2,1-5H3,(H,19,23);5-6H,3-4,7H2,1-2H3/b9-7+,15-14-,16-10-;. The number of hydrogen-bond acceptors (Lipinski definition) is 8. The van der Waals surface area contributed by atoms with Gasteiger partial charge in [0.15, 0.2) is 5.78 Å². The summed E-state index contributed by atoms with van der Waals surface area (Å²) in [6.07, 6.45) is 7.42. The first-order chi connectivity index (χ1) is 17.1. The number of Topliss-reactive ketones (excluding diaryl/α,β-unsaturated/α-hetero) is 1. The van der Waals surface area contributed by atoms with E-state index in [4.69, 9.17) is 9.47 Å². The summed E-state index contributed by atoms with van der Waals surface area (Å²) in [5.74, 6) is -0.556. The number of aryl methyl sites for hydroxylation is 2. The Morgan fingerprint density at radius 3 is 2.42 bits per heavy atom. The summed E-state index contributed by atoms with van der Waals surface area (Å²) in [6, 6.07) is 4.38. The summed E-state index contributed by atoms with van der Waals surface area (Å²) < 4.78 is 14.3. The van der Waals surface area contributed by atoms with E-state index in [0.717, 1.165) is 19.4 Å². The Morgan fingerprint density at radius 1 is 1.19 bits per heavy atom. The summed E-state index contributed by atoms with van der Waals surface area (Å²) in [4.78, 5) is 36.3. The van der Waals surface area contributed by atoms with E-state index in [0.29, 0.717) is 12.8 Å². The van der Waals surface area contributed by atoms with Gasteiger partial charge in [-0.15, -0.1) is 11.3 Å². The molecule has 0 bridgehead atoms. The summed E-state index contributed by atoms with van der Waals surface area (Å²) >= 11 is 1.88. The molecule has 0 saturated carbocycles. The summed E-state index contributed by atoms with van der Waals surface area (Å²) in [5, 5.41) is 12.5. The molecule has 0 aliphatic rings. The third-order valence-corrected chi connectivity index (χ3v) is 6.13. The van der Waals surface area contributed by atoms with Gasteiger partial charge < -0.3 is 19.3 Å². The van der Waals surface area contributed by atoms with E-state index in [2.05, 4.69) is 29.1 Å². The normalized spacial score (nSPS) is 12.9. The van der Waals surface area contributed by atoms with Gasteiger partial charge in [0.05, 0.1) is 7.11 Å². The lowest BCUT2D eigenvalue weighted by atomic mass is 9.99. The largest absolute Gasteiger partial charge is 0.507 e. The highest BCUT2D eigenvalue weighted by Crippen LogP contribution is 2.21. The molecule has 9 heteroatoms. The SMILES string of the molecule is COC(=O)N/C=C/CCC(C)/C(=C/C(O)=C(\C)C(=O)C(C)C)OC=O.COCCCc1ccc(C)s1. The zero-order chi connectivity index (χ0) is 27.5. The molecule has 36 heavy (non-hydrogen) atoms. The van der Waals surface area contributed by atoms with E-state index in [1.807, 2.05) is 18.3 Å². The lowest BCUT2D eigenvalue weighted by Gasteiger charge is -2.13. The number of aliphatic hydroxyl groups is 1. The maximum atomic E-state index is 11.9. The summed E-state index contributed by atoms with van der Waals surface area (Å²) in [6.45, 7) is 10.1. The number of hydrogen-bond donors (Lipinski definition) is 2. The third kappa shape index (κ3) is 14.5. The molecule has 1 rings (SSSR count). The minimum atomic E-state index is -0.561. The first-order valence-electron chi connectivity index (χ1n) is 11.9. The van der Waals surface area contributed by atoms with E-state index in [1.165, 1.54) is 36.1 Å². The van der Waals surface area contributed by atoms with Crippen LogP contribution >= 0.6 is 11.3 Å². The fourth-order valence-corrected chi connectivity index (χ4v) is 3.85. The van der Waals surface area contributed by atoms with Gasteiger partial charge in [0, 0.05) is 53.2 Å². The summed E-state index contributed by atoms with van der Waals surface area (Å²) in [5.41, 5.74) is 0.219. The maximum absolute atomic E-state index is 11.9. The Balaban J connectivity index is 0.000000918. The monoisotopic (exact) mass is 523 g/mol. The number of carbonyl (C=O) groups excluding carboxylic acids is 3. The van der Waals surface area contributed by atoms with Gasteiger partial charge >= 0.3 is 6.09 Å². The first-order valence-corrected chi connectivity index (χ1v) is 12.7. The zero-order valence-electron chi connectivity index (χ0n) is 22.5. The smallest absolute Gasteiger partial charge is 0.410 e. The van der Waals surface area contributed by atoms with Crippen molar-refractivity contribution in [3.63, 3.8) is 0 Å². The number of aliphatic hydroxyl groups excluding tert-OH is 1. The predicted octanol–water partition coefficient (Wildman–Crippen LogP) is 6.02. The second-order valence-electron chi connectivity index (χ2n) is 8.42. The van der Waals surface area contributed by atoms with Crippen LogP contribution in [0.3, 0.4) is 0 Å². The van der Waals surface area contributed by atoms with Crippen molar-refractivity contribution in [1.29, 1.82) is 0 Å². The van der Waals surface area contributed by atoms with Gasteiger partial charge in [0.1, 0.15) is 11.5 Å². The second kappa shape index (κ2) is 19.3. The Morgan fingerprint density at radius 2 is 1.89 bits per heavy atom. The molecule has 1 aromatic rings. The van der Waals surface area contributed by atoms with Crippen molar-refractivity contribution >= 4 is 29.7 Å².